The summed E-state index contributed by atoms with van der Waals surface area (Å²) in [7, 11) is 0. The topological polar surface area (TPSA) is 93.1 Å². The molecule has 1 heterocycles. The molecule has 0 fully saturated rings. The molecule has 0 unspecified atom stereocenters. The number of carbonyl (C=O) groups excluding carboxylic acids is 2. The molecule has 9 heteroatoms. The third-order valence-electron chi connectivity index (χ3n) is 3.98. The van der Waals surface area contributed by atoms with Crippen molar-refractivity contribution in [3.8, 4) is 0 Å². The number of nitrogens with zero attached hydrogens (tertiary/aromatic N) is 2. The lowest BCUT2D eigenvalue weighted by Crippen LogP contribution is -2.43. The minimum absolute atomic E-state index is 0.0257. The molecule has 7 nitrogen and oxygen atoms in total. The largest absolute Gasteiger partial charge is 0.290 e. The Bertz CT molecular complexity index is 1130. The third kappa shape index (κ3) is 4.03. The van der Waals surface area contributed by atoms with Gasteiger partial charge in [0, 0.05) is 15.5 Å². The fourth-order valence-electron chi connectivity index (χ4n) is 2.68. The average molecular weight is 494 g/mol. The predicted octanol–water partition coefficient (Wildman–Crippen LogP) is 2.63. The third-order valence-corrected chi connectivity index (χ3v) is 4.88. The van der Waals surface area contributed by atoms with E-state index >= 15 is 0 Å². The van der Waals surface area contributed by atoms with Gasteiger partial charge in [0.25, 0.3) is 17.4 Å². The van der Waals surface area contributed by atoms with Crippen LogP contribution in [0.15, 0.2) is 47.3 Å². The first-order valence-electron chi connectivity index (χ1n) is 8.48. The van der Waals surface area contributed by atoms with Gasteiger partial charge in [-0.3, -0.25) is 25.2 Å². The van der Waals surface area contributed by atoms with E-state index in [2.05, 4.69) is 16.0 Å². The predicted molar refractivity (Wildman–Crippen MR) is 110 cm³/mol. The van der Waals surface area contributed by atoms with E-state index in [-0.39, 0.29) is 16.8 Å². The van der Waals surface area contributed by atoms with Crippen LogP contribution in [-0.4, -0.2) is 21.6 Å². The van der Waals surface area contributed by atoms with Crippen LogP contribution in [0.4, 0.5) is 4.39 Å². The summed E-state index contributed by atoms with van der Waals surface area (Å²) in [6, 6.07) is 10.4. The molecule has 0 atom stereocenters. The van der Waals surface area contributed by atoms with Crippen molar-refractivity contribution >= 4 is 45.2 Å². The molecule has 144 valence electrons. The highest BCUT2D eigenvalue weighted by molar-refractivity contribution is 14.1. The minimum Gasteiger partial charge on any atom is -0.267 e. The molecule has 3 rings (SSSR count). The first-order chi connectivity index (χ1) is 13.4. The first kappa shape index (κ1) is 19.9. The van der Waals surface area contributed by atoms with Crippen molar-refractivity contribution in [1.82, 2.24) is 20.6 Å². The van der Waals surface area contributed by atoms with E-state index in [0.717, 1.165) is 6.07 Å². The number of benzene rings is 2. The number of fused-ring (bicyclic) bond motifs is 1. The fraction of sp³-hybridized carbons (Fsp3) is 0.158. The van der Waals surface area contributed by atoms with E-state index in [1.165, 1.54) is 16.8 Å². The first-order valence-corrected chi connectivity index (χ1v) is 9.56. The summed E-state index contributed by atoms with van der Waals surface area (Å²) in [4.78, 5) is 37.4. The summed E-state index contributed by atoms with van der Waals surface area (Å²) >= 11 is 1.83. The van der Waals surface area contributed by atoms with Gasteiger partial charge in [-0.1, -0.05) is 25.1 Å². The Hall–Kier alpha value is -2.82. The van der Waals surface area contributed by atoms with Crippen LogP contribution in [-0.2, 0) is 6.54 Å². The smallest absolute Gasteiger partial charge is 0.267 e. The zero-order valence-corrected chi connectivity index (χ0v) is 17.0. The van der Waals surface area contributed by atoms with Gasteiger partial charge in [0.05, 0.1) is 10.9 Å². The average Bonchev–Trinajstić information content (AvgIpc) is 2.68. The maximum absolute atomic E-state index is 13.2. The molecule has 0 aliphatic rings. The molecule has 2 N–H and O–H groups in total. The van der Waals surface area contributed by atoms with Crippen LogP contribution in [0.25, 0.3) is 10.8 Å². The second-order valence-corrected chi connectivity index (χ2v) is 7.12. The van der Waals surface area contributed by atoms with Gasteiger partial charge in [-0.25, -0.2) is 9.07 Å². The second kappa shape index (κ2) is 8.46. The Morgan fingerprint density at radius 3 is 2.46 bits per heavy atom. The van der Waals surface area contributed by atoms with Crippen LogP contribution in [0.3, 0.4) is 0 Å². The number of rotatable bonds is 4. The van der Waals surface area contributed by atoms with Gasteiger partial charge >= 0.3 is 0 Å². The number of aromatic nitrogens is 2. The molecule has 28 heavy (non-hydrogen) atoms. The Morgan fingerprint density at radius 1 is 1.11 bits per heavy atom. The molecular weight excluding hydrogens is 478 g/mol. The van der Waals surface area contributed by atoms with Crippen molar-refractivity contribution in [2.75, 3.05) is 0 Å². The molecule has 2 aromatic carbocycles. The van der Waals surface area contributed by atoms with Crippen LogP contribution in [0.1, 0.15) is 34.2 Å². The lowest BCUT2D eigenvalue weighted by Gasteiger charge is -2.12. The monoisotopic (exact) mass is 494 g/mol. The number of hydrogen-bond acceptors (Lipinski definition) is 4. The van der Waals surface area contributed by atoms with Crippen molar-refractivity contribution in [2.24, 2.45) is 0 Å². The lowest BCUT2D eigenvalue weighted by molar-refractivity contribution is 0.0843. The molecule has 0 spiro atoms. The van der Waals surface area contributed by atoms with E-state index in [4.69, 9.17) is 0 Å². The molecule has 0 aliphatic carbocycles. The van der Waals surface area contributed by atoms with E-state index in [9.17, 15) is 18.8 Å². The Kier molecular flexibility index (Phi) is 6.02. The normalized spacial score (nSPS) is 10.7. The van der Waals surface area contributed by atoms with Gasteiger partial charge in [0.2, 0.25) is 0 Å². The number of hydrazine groups is 1. The Morgan fingerprint density at radius 2 is 1.79 bits per heavy atom. The van der Waals surface area contributed by atoms with Crippen LogP contribution in [0.5, 0.6) is 0 Å². The van der Waals surface area contributed by atoms with Gasteiger partial charge in [-0.15, -0.1) is 0 Å². The molecule has 2 amide bonds. The highest BCUT2D eigenvalue weighted by atomic mass is 127. The zero-order valence-electron chi connectivity index (χ0n) is 14.8. The molecule has 0 saturated carbocycles. The van der Waals surface area contributed by atoms with Gasteiger partial charge in [-0.05, 0) is 53.3 Å². The number of aryl methyl sites for hydroxylation is 1. The van der Waals surface area contributed by atoms with Crippen LogP contribution in [0, 0.1) is 9.39 Å². The number of carbonyl (C=O) groups is 2. The second-order valence-electron chi connectivity index (χ2n) is 5.95. The highest BCUT2D eigenvalue weighted by Gasteiger charge is 2.18. The van der Waals surface area contributed by atoms with Crippen LogP contribution in [0.2, 0.25) is 0 Å². The van der Waals surface area contributed by atoms with E-state index in [0.29, 0.717) is 27.3 Å². The minimum atomic E-state index is -0.661. The molecule has 3 aromatic rings. The van der Waals surface area contributed by atoms with Gasteiger partial charge in [0.15, 0.2) is 5.69 Å². The van der Waals surface area contributed by atoms with Crippen molar-refractivity contribution < 1.29 is 14.0 Å². The number of halogens is 2. The zero-order chi connectivity index (χ0) is 20.3. The van der Waals surface area contributed by atoms with E-state index in [1.54, 1.807) is 24.3 Å². The summed E-state index contributed by atoms with van der Waals surface area (Å²) in [5, 5.41) is 4.92. The molecule has 1 aromatic heterocycles. The Labute approximate surface area is 173 Å². The molecule has 0 saturated heterocycles. The van der Waals surface area contributed by atoms with Crippen molar-refractivity contribution in [3.63, 3.8) is 0 Å². The number of amides is 2. The van der Waals surface area contributed by atoms with Gasteiger partial charge in [-0.2, -0.15) is 5.10 Å². The van der Waals surface area contributed by atoms with Crippen LogP contribution >= 0.6 is 22.6 Å². The summed E-state index contributed by atoms with van der Waals surface area (Å²) in [6.07, 6.45) is 0.673. The van der Waals surface area contributed by atoms with Gasteiger partial charge < -0.3 is 0 Å². The fourth-order valence-corrected chi connectivity index (χ4v) is 3.40. The van der Waals surface area contributed by atoms with Crippen LogP contribution < -0.4 is 16.4 Å². The molecule has 0 radical (unpaired) electrons. The summed E-state index contributed by atoms with van der Waals surface area (Å²) in [5.41, 5.74) is 4.57. The Balaban J connectivity index is 1.88. The summed E-state index contributed by atoms with van der Waals surface area (Å²) < 4.78 is 14.8. The standard InChI is InChI=1S/C19H16FIN4O3/c1-2-9-25-19(28)13-6-4-3-5-12(13)16(24-25)18(27)23-22-17(26)14-8-7-11(20)10-15(14)21/h3-8,10H,2,9H2,1H3,(H,22,26)(H,23,27). The van der Waals surface area contributed by atoms with Crippen molar-refractivity contribution in [3.05, 3.63) is 73.5 Å². The van der Waals surface area contributed by atoms with Crippen molar-refractivity contribution in [1.29, 1.82) is 0 Å². The SMILES string of the molecule is CCCn1nc(C(=O)NNC(=O)c2ccc(F)cc2I)c2ccccc2c1=O. The van der Waals surface area contributed by atoms with Crippen molar-refractivity contribution in [2.45, 2.75) is 19.9 Å². The van der Waals surface area contributed by atoms with Gasteiger partial charge in [0.1, 0.15) is 5.82 Å². The highest BCUT2D eigenvalue weighted by Crippen LogP contribution is 2.15. The number of hydrogen-bond donors (Lipinski definition) is 2. The summed E-state index contributed by atoms with van der Waals surface area (Å²) in [5.74, 6) is -1.71. The molecular formula is C19H16FIN4O3. The summed E-state index contributed by atoms with van der Waals surface area (Å²) in [6.45, 7) is 2.26. The maximum Gasteiger partial charge on any atom is 0.290 e. The van der Waals surface area contributed by atoms with E-state index in [1.807, 2.05) is 29.5 Å². The maximum atomic E-state index is 13.2. The quantitative estimate of drug-likeness (QED) is 0.431. The number of nitrogens with one attached hydrogen (secondary N) is 2. The van der Waals surface area contributed by atoms with E-state index < -0.39 is 17.6 Å². The molecule has 0 bridgehead atoms. The lowest BCUT2D eigenvalue weighted by atomic mass is 10.1. The molecule has 0 aliphatic heterocycles.